The number of amides is 1. The fourth-order valence-corrected chi connectivity index (χ4v) is 5.00. The zero-order valence-corrected chi connectivity index (χ0v) is 21.8. The predicted octanol–water partition coefficient (Wildman–Crippen LogP) is 5.95. The lowest BCUT2D eigenvalue weighted by Gasteiger charge is -2.13. The molecule has 2 aromatic carbocycles. The lowest BCUT2D eigenvalue weighted by atomic mass is 10.1. The molecule has 2 heterocycles. The van der Waals surface area contributed by atoms with Gasteiger partial charge in [0.15, 0.2) is 0 Å². The van der Waals surface area contributed by atoms with Crippen LogP contribution in [0.4, 0.5) is 0 Å². The van der Waals surface area contributed by atoms with Gasteiger partial charge in [-0.25, -0.2) is 4.68 Å². The van der Waals surface area contributed by atoms with Gasteiger partial charge in [0.2, 0.25) is 0 Å². The van der Waals surface area contributed by atoms with E-state index in [9.17, 15) is 4.79 Å². The van der Waals surface area contributed by atoms with E-state index in [0.29, 0.717) is 29.0 Å². The zero-order valence-electron chi connectivity index (χ0n) is 20.1. The van der Waals surface area contributed by atoms with Crippen LogP contribution in [0.3, 0.4) is 0 Å². The second-order valence-corrected chi connectivity index (χ2v) is 9.96. The molecule has 1 amide bonds. The highest BCUT2D eigenvalue weighted by atomic mass is 32.2. The van der Waals surface area contributed by atoms with Gasteiger partial charge in [0.05, 0.1) is 22.4 Å². The molecule has 1 fully saturated rings. The highest BCUT2D eigenvalue weighted by Gasteiger charge is 2.32. The Morgan fingerprint density at radius 3 is 2.54 bits per heavy atom. The number of rotatable bonds is 10. The molecule has 182 valence electrons. The molecule has 1 saturated heterocycles. The van der Waals surface area contributed by atoms with Crippen LogP contribution in [0.25, 0.3) is 23.0 Å². The van der Waals surface area contributed by atoms with E-state index in [4.69, 9.17) is 26.8 Å². The Labute approximate surface area is 215 Å². The van der Waals surface area contributed by atoms with Crippen LogP contribution >= 0.6 is 24.0 Å². The molecule has 35 heavy (non-hydrogen) atoms. The molecule has 1 aliphatic heterocycles. The number of hydrogen-bond acceptors (Lipinski definition) is 6. The number of ether oxygens (including phenoxy) is 2. The van der Waals surface area contributed by atoms with E-state index in [1.807, 2.05) is 92.3 Å². The van der Waals surface area contributed by atoms with Crippen LogP contribution in [-0.4, -0.2) is 50.8 Å². The molecular weight excluding hydrogens is 478 g/mol. The van der Waals surface area contributed by atoms with E-state index in [-0.39, 0.29) is 12.0 Å². The summed E-state index contributed by atoms with van der Waals surface area (Å²) in [5.41, 5.74) is 3.51. The van der Waals surface area contributed by atoms with Crippen LogP contribution in [0.1, 0.15) is 32.8 Å². The summed E-state index contributed by atoms with van der Waals surface area (Å²) in [6.07, 6.45) is 4.69. The largest absolute Gasteiger partial charge is 0.491 e. The quantitative estimate of drug-likeness (QED) is 0.192. The Balaban J connectivity index is 1.66. The van der Waals surface area contributed by atoms with Crippen LogP contribution in [0.5, 0.6) is 5.75 Å². The first-order valence-electron chi connectivity index (χ1n) is 11.7. The van der Waals surface area contributed by atoms with Crippen LogP contribution in [0, 0.1) is 0 Å². The van der Waals surface area contributed by atoms with Gasteiger partial charge >= 0.3 is 0 Å². The van der Waals surface area contributed by atoms with Crippen molar-refractivity contribution in [3.63, 3.8) is 0 Å². The standard InChI is InChI=1S/C27H29N3O3S2/c1-4-32-16-8-15-29-26(31)24(35-27(29)34)17-21-18-30(22-9-6-5-7-10-22)28-25(21)20-11-13-23(14-12-20)33-19(2)3/h5-7,9-14,17-19H,4,8,15-16H2,1-3H3/b24-17+. The first kappa shape index (κ1) is 25.2. The molecule has 6 nitrogen and oxygen atoms in total. The molecule has 0 spiro atoms. The Bertz CT molecular complexity index is 1200. The first-order chi connectivity index (χ1) is 17.0. The molecule has 8 heteroatoms. The SMILES string of the molecule is CCOCCCN1C(=O)/C(=C\c2cn(-c3ccccc3)nc2-c2ccc(OC(C)C)cc2)SC1=S. The summed E-state index contributed by atoms with van der Waals surface area (Å²) in [6, 6.07) is 17.8. The number of para-hydroxylation sites is 1. The molecule has 0 atom stereocenters. The third-order valence-electron chi connectivity index (χ3n) is 5.30. The lowest BCUT2D eigenvalue weighted by Crippen LogP contribution is -2.29. The molecular formula is C27H29N3O3S2. The number of nitrogens with zero attached hydrogens (tertiary/aromatic N) is 3. The summed E-state index contributed by atoms with van der Waals surface area (Å²) in [5, 5.41) is 4.86. The maximum Gasteiger partial charge on any atom is 0.266 e. The molecule has 0 bridgehead atoms. The number of benzene rings is 2. The molecule has 0 N–H and O–H groups in total. The Morgan fingerprint density at radius 1 is 1.11 bits per heavy atom. The number of carbonyl (C=O) groups excluding carboxylic acids is 1. The summed E-state index contributed by atoms with van der Waals surface area (Å²) < 4.78 is 13.6. The molecule has 3 aromatic rings. The van der Waals surface area contributed by atoms with Gasteiger partial charge in [-0.3, -0.25) is 9.69 Å². The van der Waals surface area contributed by atoms with E-state index >= 15 is 0 Å². The predicted molar refractivity (Wildman–Crippen MR) is 146 cm³/mol. The Kier molecular flexibility index (Phi) is 8.38. The monoisotopic (exact) mass is 507 g/mol. The fraction of sp³-hybridized carbons (Fsp3) is 0.296. The Morgan fingerprint density at radius 2 is 1.86 bits per heavy atom. The molecule has 0 saturated carbocycles. The summed E-state index contributed by atoms with van der Waals surface area (Å²) in [7, 11) is 0. The van der Waals surface area contributed by atoms with Crippen LogP contribution in [0.2, 0.25) is 0 Å². The van der Waals surface area contributed by atoms with Gasteiger partial charge in [0.1, 0.15) is 10.1 Å². The molecule has 1 aliphatic rings. The summed E-state index contributed by atoms with van der Waals surface area (Å²) >= 11 is 6.83. The highest BCUT2D eigenvalue weighted by Crippen LogP contribution is 2.35. The van der Waals surface area contributed by atoms with Gasteiger partial charge in [-0.2, -0.15) is 5.10 Å². The van der Waals surface area contributed by atoms with E-state index in [1.165, 1.54) is 11.8 Å². The smallest absolute Gasteiger partial charge is 0.266 e. The van der Waals surface area contributed by atoms with Crippen LogP contribution in [0.15, 0.2) is 65.7 Å². The number of thiocarbonyl (C=S) groups is 1. The second kappa shape index (κ2) is 11.7. The van der Waals surface area contributed by atoms with Gasteiger partial charge in [-0.15, -0.1) is 0 Å². The van der Waals surface area contributed by atoms with Crippen molar-refractivity contribution in [3.8, 4) is 22.7 Å². The second-order valence-electron chi connectivity index (χ2n) is 8.29. The molecule has 4 rings (SSSR count). The molecule has 0 unspecified atom stereocenters. The third-order valence-corrected chi connectivity index (χ3v) is 6.68. The van der Waals surface area contributed by atoms with Crippen molar-refractivity contribution in [2.45, 2.75) is 33.3 Å². The van der Waals surface area contributed by atoms with Gasteiger partial charge in [-0.1, -0.05) is 42.2 Å². The van der Waals surface area contributed by atoms with Crippen molar-refractivity contribution in [3.05, 3.63) is 71.3 Å². The normalized spacial score (nSPS) is 15.0. The molecule has 0 aliphatic carbocycles. The maximum atomic E-state index is 13.1. The van der Waals surface area contributed by atoms with Crippen molar-refractivity contribution in [1.82, 2.24) is 14.7 Å². The van der Waals surface area contributed by atoms with Gasteiger partial charge in [-0.05, 0) is 69.7 Å². The van der Waals surface area contributed by atoms with Crippen molar-refractivity contribution in [2.24, 2.45) is 0 Å². The summed E-state index contributed by atoms with van der Waals surface area (Å²) in [6.45, 7) is 7.78. The van der Waals surface area contributed by atoms with Crippen LogP contribution in [-0.2, 0) is 9.53 Å². The third kappa shape index (κ3) is 6.20. The van der Waals surface area contributed by atoms with Crippen molar-refractivity contribution in [1.29, 1.82) is 0 Å². The average molecular weight is 508 g/mol. The van der Waals surface area contributed by atoms with Crippen LogP contribution < -0.4 is 4.74 Å². The lowest BCUT2D eigenvalue weighted by molar-refractivity contribution is -0.122. The van der Waals surface area contributed by atoms with Crippen molar-refractivity contribution in [2.75, 3.05) is 19.8 Å². The first-order valence-corrected chi connectivity index (χ1v) is 12.9. The summed E-state index contributed by atoms with van der Waals surface area (Å²) in [5.74, 6) is 0.733. The Hall–Kier alpha value is -2.94. The minimum absolute atomic E-state index is 0.0735. The fourth-order valence-electron chi connectivity index (χ4n) is 3.70. The van der Waals surface area contributed by atoms with Gasteiger partial charge in [0, 0.05) is 37.1 Å². The zero-order chi connectivity index (χ0) is 24.8. The van der Waals surface area contributed by atoms with E-state index in [2.05, 4.69) is 0 Å². The number of aromatic nitrogens is 2. The average Bonchev–Trinajstić information content (AvgIpc) is 3.38. The number of hydrogen-bond donors (Lipinski definition) is 0. The van der Waals surface area contributed by atoms with Crippen molar-refractivity contribution < 1.29 is 14.3 Å². The number of carbonyl (C=O) groups is 1. The molecule has 1 aromatic heterocycles. The van der Waals surface area contributed by atoms with Gasteiger partial charge < -0.3 is 9.47 Å². The van der Waals surface area contributed by atoms with E-state index < -0.39 is 0 Å². The van der Waals surface area contributed by atoms with Crippen molar-refractivity contribution >= 4 is 40.3 Å². The van der Waals surface area contributed by atoms with E-state index in [0.717, 1.165) is 34.7 Å². The van der Waals surface area contributed by atoms with E-state index in [1.54, 1.807) is 4.90 Å². The highest BCUT2D eigenvalue weighted by molar-refractivity contribution is 8.26. The topological polar surface area (TPSA) is 56.6 Å². The molecule has 0 radical (unpaired) electrons. The minimum Gasteiger partial charge on any atom is -0.491 e. The summed E-state index contributed by atoms with van der Waals surface area (Å²) in [4.78, 5) is 15.4. The minimum atomic E-state index is -0.0735. The number of thioether (sulfide) groups is 1. The van der Waals surface area contributed by atoms with Gasteiger partial charge in [0.25, 0.3) is 5.91 Å². The maximum absolute atomic E-state index is 13.1.